The molecule has 0 aliphatic rings. The van der Waals surface area contributed by atoms with Crippen LogP contribution in [0.4, 0.5) is 18.9 Å². The molecule has 0 saturated carbocycles. The number of hydrogen-bond acceptors (Lipinski definition) is 6. The molecule has 2 aromatic rings. The van der Waals surface area contributed by atoms with Crippen LogP contribution in [0, 0.1) is 0 Å². The van der Waals surface area contributed by atoms with Crippen molar-refractivity contribution in [2.24, 2.45) is 5.73 Å². The van der Waals surface area contributed by atoms with Crippen LogP contribution in [-0.2, 0) is 11.2 Å². The number of H-pyrrole nitrogens is 1. The minimum atomic E-state index is -4.81. The number of ether oxygens (including phenoxy) is 1. The maximum atomic E-state index is 12.1. The first-order valence-electron chi connectivity index (χ1n) is 5.98. The number of tetrazole rings is 1. The number of aromatic nitrogens is 4. The highest BCUT2D eigenvalue weighted by molar-refractivity contribution is 5.94. The lowest BCUT2D eigenvalue weighted by Gasteiger charge is -2.12. The number of amides is 1. The summed E-state index contributed by atoms with van der Waals surface area (Å²) >= 11 is 0. The van der Waals surface area contributed by atoms with Crippen LogP contribution in [0.1, 0.15) is 5.82 Å². The Morgan fingerprint density at radius 3 is 2.78 bits per heavy atom. The lowest BCUT2D eigenvalue weighted by atomic mass is 10.2. The van der Waals surface area contributed by atoms with E-state index in [0.29, 0.717) is 0 Å². The van der Waals surface area contributed by atoms with Crippen molar-refractivity contribution in [2.45, 2.75) is 18.8 Å². The Bertz CT molecular complexity index is 637. The van der Waals surface area contributed by atoms with E-state index in [1.807, 2.05) is 0 Å². The van der Waals surface area contributed by atoms with E-state index >= 15 is 0 Å². The molecule has 1 amide bonds. The molecule has 23 heavy (non-hydrogen) atoms. The summed E-state index contributed by atoms with van der Waals surface area (Å²) in [4.78, 5) is 11.8. The molecule has 1 aromatic heterocycles. The number of benzene rings is 1. The van der Waals surface area contributed by atoms with Gasteiger partial charge in [0.2, 0.25) is 5.91 Å². The zero-order valence-corrected chi connectivity index (χ0v) is 12.2. The number of nitrogens with two attached hydrogens (primary N) is 1. The Hall–Kier alpha value is -2.40. The topological polar surface area (TPSA) is 119 Å². The highest BCUT2D eigenvalue weighted by Gasteiger charge is 2.31. The van der Waals surface area contributed by atoms with E-state index in [1.165, 1.54) is 12.1 Å². The molecule has 2 rings (SSSR count). The summed E-state index contributed by atoms with van der Waals surface area (Å²) in [5.41, 5.74) is 5.77. The van der Waals surface area contributed by atoms with Gasteiger partial charge in [0.05, 0.1) is 6.04 Å². The van der Waals surface area contributed by atoms with Crippen LogP contribution in [0.25, 0.3) is 0 Å². The molecule has 0 spiro atoms. The van der Waals surface area contributed by atoms with Gasteiger partial charge < -0.3 is 15.8 Å². The molecule has 1 aromatic carbocycles. The van der Waals surface area contributed by atoms with Crippen LogP contribution < -0.4 is 15.8 Å². The van der Waals surface area contributed by atoms with Gasteiger partial charge >= 0.3 is 6.36 Å². The van der Waals surface area contributed by atoms with Crippen LogP contribution in [0.5, 0.6) is 5.75 Å². The van der Waals surface area contributed by atoms with E-state index in [0.717, 1.165) is 12.1 Å². The van der Waals surface area contributed by atoms with Crippen LogP contribution >= 0.6 is 12.4 Å². The summed E-state index contributed by atoms with van der Waals surface area (Å²) in [6, 6.07) is 3.88. The zero-order valence-electron chi connectivity index (χ0n) is 11.4. The van der Waals surface area contributed by atoms with Crippen molar-refractivity contribution in [1.29, 1.82) is 0 Å². The number of aromatic amines is 1. The number of carbonyl (C=O) groups is 1. The first-order chi connectivity index (χ1) is 10.3. The quantitative estimate of drug-likeness (QED) is 0.739. The van der Waals surface area contributed by atoms with Crippen molar-refractivity contribution < 1.29 is 22.7 Å². The number of halogens is 4. The molecular formula is C11H12ClF3N6O2. The predicted molar refractivity (Wildman–Crippen MR) is 74.9 cm³/mol. The summed E-state index contributed by atoms with van der Waals surface area (Å²) in [5, 5.41) is 15.2. The largest absolute Gasteiger partial charge is 0.573 e. The van der Waals surface area contributed by atoms with Gasteiger partial charge in [-0.1, -0.05) is 11.3 Å². The SMILES string of the molecule is Cl.NC(Cc1nn[nH]n1)C(=O)Nc1cccc(OC(F)(F)F)c1. The lowest BCUT2D eigenvalue weighted by Crippen LogP contribution is -2.37. The van der Waals surface area contributed by atoms with Gasteiger partial charge in [0.1, 0.15) is 5.75 Å². The van der Waals surface area contributed by atoms with Crippen LogP contribution in [0.3, 0.4) is 0 Å². The van der Waals surface area contributed by atoms with Crippen LogP contribution in [0.15, 0.2) is 24.3 Å². The molecule has 1 atom stereocenters. The molecule has 0 saturated heterocycles. The summed E-state index contributed by atoms with van der Waals surface area (Å²) in [6.45, 7) is 0. The first-order valence-corrected chi connectivity index (χ1v) is 5.98. The van der Waals surface area contributed by atoms with E-state index in [1.54, 1.807) is 0 Å². The van der Waals surface area contributed by atoms with Gasteiger partial charge in [0.15, 0.2) is 5.82 Å². The molecule has 1 heterocycles. The second-order valence-electron chi connectivity index (χ2n) is 4.20. The van der Waals surface area contributed by atoms with E-state index in [2.05, 4.69) is 30.7 Å². The first kappa shape index (κ1) is 18.6. The molecule has 12 heteroatoms. The Kier molecular flexibility index (Phi) is 6.28. The summed E-state index contributed by atoms with van der Waals surface area (Å²) in [7, 11) is 0. The number of alkyl halides is 3. The third-order valence-corrected chi connectivity index (χ3v) is 2.46. The molecular weight excluding hydrogens is 341 g/mol. The molecule has 126 valence electrons. The normalized spacial score (nSPS) is 12.2. The number of carbonyl (C=O) groups excluding carboxylic acids is 1. The number of nitrogens with one attached hydrogen (secondary N) is 2. The summed E-state index contributed by atoms with van der Waals surface area (Å²) < 4.78 is 40.1. The molecule has 0 aliphatic carbocycles. The third-order valence-electron chi connectivity index (χ3n) is 2.46. The molecule has 4 N–H and O–H groups in total. The van der Waals surface area contributed by atoms with Crippen LogP contribution in [-0.4, -0.2) is 38.9 Å². The number of nitrogens with zero attached hydrogens (tertiary/aromatic N) is 3. The van der Waals surface area contributed by atoms with E-state index in [9.17, 15) is 18.0 Å². The van der Waals surface area contributed by atoms with E-state index in [-0.39, 0.29) is 30.3 Å². The van der Waals surface area contributed by atoms with Crippen molar-refractivity contribution in [2.75, 3.05) is 5.32 Å². The minimum Gasteiger partial charge on any atom is -0.406 e. The Balaban J connectivity index is 0.00000264. The van der Waals surface area contributed by atoms with Gasteiger partial charge in [0.25, 0.3) is 0 Å². The van der Waals surface area contributed by atoms with Gasteiger partial charge in [0, 0.05) is 18.2 Å². The standard InChI is InChI=1S/C11H11F3N6O2.ClH/c12-11(13,14)22-7-3-1-2-6(4-7)16-10(21)8(15)5-9-17-19-20-18-9;/h1-4,8H,5,15H2,(H,16,21)(H,17,18,19,20);1H. The number of hydrogen-bond donors (Lipinski definition) is 3. The second-order valence-corrected chi connectivity index (χ2v) is 4.20. The third kappa shape index (κ3) is 6.08. The van der Waals surface area contributed by atoms with E-state index < -0.39 is 24.1 Å². The fourth-order valence-corrected chi connectivity index (χ4v) is 1.56. The second kappa shape index (κ2) is 7.74. The van der Waals surface area contributed by atoms with Gasteiger partial charge in [-0.05, 0) is 12.1 Å². The van der Waals surface area contributed by atoms with Crippen molar-refractivity contribution in [3.63, 3.8) is 0 Å². The minimum absolute atomic E-state index is 0. The van der Waals surface area contributed by atoms with Gasteiger partial charge in [-0.15, -0.1) is 35.8 Å². The van der Waals surface area contributed by atoms with Crippen molar-refractivity contribution in [3.05, 3.63) is 30.1 Å². The fraction of sp³-hybridized carbons (Fsp3) is 0.273. The average Bonchev–Trinajstić information content (AvgIpc) is 2.89. The summed E-state index contributed by atoms with van der Waals surface area (Å²) in [6.07, 6.45) is -4.78. The van der Waals surface area contributed by atoms with Crippen molar-refractivity contribution in [3.8, 4) is 5.75 Å². The molecule has 0 radical (unpaired) electrons. The highest BCUT2D eigenvalue weighted by atomic mass is 35.5. The molecule has 0 aliphatic heterocycles. The van der Waals surface area contributed by atoms with Crippen molar-refractivity contribution >= 4 is 24.0 Å². The van der Waals surface area contributed by atoms with Crippen LogP contribution in [0.2, 0.25) is 0 Å². The average molecular weight is 353 g/mol. The Morgan fingerprint density at radius 2 is 2.17 bits per heavy atom. The van der Waals surface area contributed by atoms with E-state index in [4.69, 9.17) is 5.73 Å². The molecule has 0 fully saturated rings. The zero-order chi connectivity index (χ0) is 16.2. The monoisotopic (exact) mass is 352 g/mol. The lowest BCUT2D eigenvalue weighted by molar-refractivity contribution is -0.274. The predicted octanol–water partition coefficient (Wildman–Crippen LogP) is 1.03. The van der Waals surface area contributed by atoms with Crippen molar-refractivity contribution in [1.82, 2.24) is 20.6 Å². The van der Waals surface area contributed by atoms with Gasteiger partial charge in [-0.25, -0.2) is 0 Å². The molecule has 0 bridgehead atoms. The van der Waals surface area contributed by atoms with Gasteiger partial charge in [-0.2, -0.15) is 5.21 Å². The number of rotatable bonds is 5. The fourth-order valence-electron chi connectivity index (χ4n) is 1.56. The summed E-state index contributed by atoms with van der Waals surface area (Å²) in [5.74, 6) is -0.803. The highest BCUT2D eigenvalue weighted by Crippen LogP contribution is 2.25. The Labute approximate surface area is 134 Å². The molecule has 1 unspecified atom stereocenters. The van der Waals surface area contributed by atoms with Gasteiger partial charge in [-0.3, -0.25) is 4.79 Å². The molecule has 8 nitrogen and oxygen atoms in total. The number of anilines is 1. The smallest absolute Gasteiger partial charge is 0.406 e. The maximum Gasteiger partial charge on any atom is 0.573 e. The Morgan fingerprint density at radius 1 is 1.43 bits per heavy atom. The maximum absolute atomic E-state index is 12.1.